The minimum atomic E-state index is -4.87. The van der Waals surface area contributed by atoms with Gasteiger partial charge >= 0.3 is 11.9 Å². The van der Waals surface area contributed by atoms with E-state index in [9.17, 15) is 33.2 Å². The number of rotatable bonds is 2. The summed E-state index contributed by atoms with van der Waals surface area (Å²) in [4.78, 5) is 20.4. The topological polar surface area (TPSA) is 80.4 Å². The number of hydrogen-bond acceptors (Lipinski definition) is 4. The molecular weight excluding hydrogens is 243 g/mol. The standard InChI is InChI=1S/C9H6F3NO4/c1-4(14)7-5(9(10,11)12)2-3-6(8(7)15)13(16)17/h2-3,15H,1H3. The lowest BCUT2D eigenvalue weighted by Crippen LogP contribution is -2.12. The average molecular weight is 249 g/mol. The second-order valence-electron chi connectivity index (χ2n) is 3.17. The first kappa shape index (κ1) is 12.9. The Labute approximate surface area is 92.6 Å². The van der Waals surface area contributed by atoms with E-state index in [0.29, 0.717) is 12.1 Å². The van der Waals surface area contributed by atoms with E-state index in [1.165, 1.54) is 0 Å². The lowest BCUT2D eigenvalue weighted by Gasteiger charge is -2.11. The van der Waals surface area contributed by atoms with Crippen LogP contribution in [0.25, 0.3) is 0 Å². The van der Waals surface area contributed by atoms with E-state index < -0.39 is 39.4 Å². The summed E-state index contributed by atoms with van der Waals surface area (Å²) in [6, 6.07) is 0.902. The fourth-order valence-electron chi connectivity index (χ4n) is 1.32. The van der Waals surface area contributed by atoms with Gasteiger partial charge in [-0.1, -0.05) is 0 Å². The molecule has 0 aliphatic rings. The number of halogens is 3. The molecule has 0 spiro atoms. The number of Topliss-reactive ketones (excluding diaryl/α,β-unsaturated/α-hetero) is 1. The van der Waals surface area contributed by atoms with Crippen molar-refractivity contribution in [1.29, 1.82) is 0 Å². The molecule has 0 atom stereocenters. The maximum Gasteiger partial charge on any atom is 0.417 e. The Morgan fingerprint density at radius 3 is 2.29 bits per heavy atom. The first-order valence-corrected chi connectivity index (χ1v) is 4.24. The molecule has 17 heavy (non-hydrogen) atoms. The van der Waals surface area contributed by atoms with Crippen LogP contribution in [0.1, 0.15) is 22.8 Å². The molecule has 0 saturated carbocycles. The van der Waals surface area contributed by atoms with E-state index in [0.717, 1.165) is 6.92 Å². The number of hydrogen-bond donors (Lipinski definition) is 1. The van der Waals surface area contributed by atoms with Crippen molar-refractivity contribution in [3.63, 3.8) is 0 Å². The van der Waals surface area contributed by atoms with Crippen molar-refractivity contribution in [2.75, 3.05) is 0 Å². The van der Waals surface area contributed by atoms with Crippen LogP contribution >= 0.6 is 0 Å². The summed E-state index contributed by atoms with van der Waals surface area (Å²) < 4.78 is 37.5. The molecule has 0 heterocycles. The molecule has 1 N–H and O–H groups in total. The quantitative estimate of drug-likeness (QED) is 0.496. The number of ketones is 1. The van der Waals surface area contributed by atoms with Crippen LogP contribution < -0.4 is 0 Å². The van der Waals surface area contributed by atoms with Crippen molar-refractivity contribution in [1.82, 2.24) is 0 Å². The number of aromatic hydroxyl groups is 1. The van der Waals surface area contributed by atoms with Gasteiger partial charge in [-0.15, -0.1) is 0 Å². The number of carbonyl (C=O) groups excluding carboxylic acids is 1. The smallest absolute Gasteiger partial charge is 0.417 e. The fraction of sp³-hybridized carbons (Fsp3) is 0.222. The summed E-state index contributed by atoms with van der Waals surface area (Å²) in [5.74, 6) is -2.36. The van der Waals surface area contributed by atoms with Gasteiger partial charge in [-0.3, -0.25) is 14.9 Å². The molecule has 0 unspecified atom stereocenters. The van der Waals surface area contributed by atoms with Crippen molar-refractivity contribution in [3.8, 4) is 5.75 Å². The number of alkyl halides is 3. The monoisotopic (exact) mass is 249 g/mol. The van der Waals surface area contributed by atoms with Gasteiger partial charge in [0.1, 0.15) is 0 Å². The summed E-state index contributed by atoms with van der Waals surface area (Å²) in [5, 5.41) is 19.7. The number of phenols is 1. The molecule has 5 nitrogen and oxygen atoms in total. The molecule has 0 aliphatic heterocycles. The molecule has 0 aromatic heterocycles. The second-order valence-corrected chi connectivity index (χ2v) is 3.17. The Hall–Kier alpha value is -2.12. The first-order valence-electron chi connectivity index (χ1n) is 4.24. The van der Waals surface area contributed by atoms with Crippen LogP contribution in [0, 0.1) is 10.1 Å². The molecule has 1 rings (SSSR count). The van der Waals surface area contributed by atoms with Gasteiger partial charge in [-0.25, -0.2) is 0 Å². The molecule has 0 bridgehead atoms. The van der Waals surface area contributed by atoms with Crippen LogP contribution in [0.2, 0.25) is 0 Å². The predicted octanol–water partition coefficient (Wildman–Crippen LogP) is 2.52. The highest BCUT2D eigenvalue weighted by Crippen LogP contribution is 2.40. The number of carbonyl (C=O) groups is 1. The molecular formula is C9H6F3NO4. The van der Waals surface area contributed by atoms with Gasteiger partial charge in [-0.05, 0) is 13.0 Å². The largest absolute Gasteiger partial charge is 0.502 e. The van der Waals surface area contributed by atoms with Gasteiger partial charge < -0.3 is 5.11 Å². The number of nitro benzene ring substituents is 1. The van der Waals surface area contributed by atoms with E-state index in [1.54, 1.807) is 0 Å². The van der Waals surface area contributed by atoms with Gasteiger partial charge in [0.05, 0.1) is 16.1 Å². The van der Waals surface area contributed by atoms with E-state index in [-0.39, 0.29) is 0 Å². The zero-order valence-corrected chi connectivity index (χ0v) is 8.41. The number of nitro groups is 1. The highest BCUT2D eigenvalue weighted by atomic mass is 19.4. The molecule has 1 aromatic carbocycles. The van der Waals surface area contributed by atoms with Crippen molar-refractivity contribution < 1.29 is 28.0 Å². The molecule has 0 radical (unpaired) electrons. The highest BCUT2D eigenvalue weighted by Gasteiger charge is 2.38. The minimum Gasteiger partial charge on any atom is -0.502 e. The normalized spacial score (nSPS) is 11.3. The van der Waals surface area contributed by atoms with Crippen molar-refractivity contribution in [3.05, 3.63) is 33.4 Å². The van der Waals surface area contributed by atoms with E-state index in [4.69, 9.17) is 0 Å². The minimum absolute atomic E-state index is 0.397. The van der Waals surface area contributed by atoms with Crippen molar-refractivity contribution in [2.24, 2.45) is 0 Å². The fourth-order valence-corrected chi connectivity index (χ4v) is 1.32. The van der Waals surface area contributed by atoms with Crippen LogP contribution in [0.4, 0.5) is 18.9 Å². The Balaban J connectivity index is 3.63. The van der Waals surface area contributed by atoms with E-state index >= 15 is 0 Å². The lowest BCUT2D eigenvalue weighted by molar-refractivity contribution is -0.385. The van der Waals surface area contributed by atoms with Crippen molar-refractivity contribution >= 4 is 11.5 Å². The second kappa shape index (κ2) is 4.04. The van der Waals surface area contributed by atoms with Gasteiger partial charge in [0, 0.05) is 6.07 Å². The zero-order valence-electron chi connectivity index (χ0n) is 8.41. The van der Waals surface area contributed by atoms with Gasteiger partial charge in [0.2, 0.25) is 5.75 Å². The van der Waals surface area contributed by atoms with E-state index in [1.807, 2.05) is 0 Å². The zero-order chi connectivity index (χ0) is 13.4. The summed E-state index contributed by atoms with van der Waals surface area (Å²) in [6.45, 7) is 0.786. The molecule has 92 valence electrons. The maximum absolute atomic E-state index is 12.5. The van der Waals surface area contributed by atoms with Crippen LogP contribution in [-0.2, 0) is 6.18 Å². The van der Waals surface area contributed by atoms with E-state index in [2.05, 4.69) is 0 Å². The van der Waals surface area contributed by atoms with Gasteiger partial charge in [0.15, 0.2) is 5.78 Å². The third-order valence-corrected chi connectivity index (χ3v) is 2.01. The molecule has 8 heteroatoms. The summed E-state index contributed by atoms with van der Waals surface area (Å²) >= 11 is 0. The van der Waals surface area contributed by atoms with Gasteiger partial charge in [0.25, 0.3) is 0 Å². The summed E-state index contributed by atoms with van der Waals surface area (Å²) in [5.41, 5.74) is -3.43. The molecule has 0 saturated heterocycles. The van der Waals surface area contributed by atoms with Crippen LogP contribution in [-0.4, -0.2) is 15.8 Å². The maximum atomic E-state index is 12.5. The molecule has 0 aliphatic carbocycles. The van der Waals surface area contributed by atoms with Crippen molar-refractivity contribution in [2.45, 2.75) is 13.1 Å². The highest BCUT2D eigenvalue weighted by molar-refractivity contribution is 5.99. The molecule has 0 amide bonds. The summed E-state index contributed by atoms with van der Waals surface area (Å²) in [7, 11) is 0. The van der Waals surface area contributed by atoms with Gasteiger partial charge in [-0.2, -0.15) is 13.2 Å². The Bertz CT molecular complexity index is 496. The van der Waals surface area contributed by atoms with Crippen LogP contribution in [0.5, 0.6) is 5.75 Å². The molecule has 0 fully saturated rings. The van der Waals surface area contributed by atoms with Crippen LogP contribution in [0.3, 0.4) is 0 Å². The number of benzene rings is 1. The first-order chi connectivity index (χ1) is 7.66. The molecule has 1 aromatic rings. The average Bonchev–Trinajstić information content (AvgIpc) is 2.14. The third-order valence-electron chi connectivity index (χ3n) is 2.01. The Morgan fingerprint density at radius 1 is 1.41 bits per heavy atom. The Kier molecular flexibility index (Phi) is 3.08. The SMILES string of the molecule is CC(=O)c1c(C(F)(F)F)ccc([N+](=O)[O-])c1O. The lowest BCUT2D eigenvalue weighted by atomic mass is 10.0. The Morgan fingerprint density at radius 2 is 1.94 bits per heavy atom. The summed E-state index contributed by atoms with van der Waals surface area (Å²) in [6.07, 6.45) is -4.87. The third kappa shape index (κ3) is 2.35. The predicted molar refractivity (Wildman–Crippen MR) is 49.8 cm³/mol. The number of phenolic OH excluding ortho intramolecular Hbond substituents is 1. The van der Waals surface area contributed by atoms with Crippen LogP contribution in [0.15, 0.2) is 12.1 Å². The number of nitrogens with zero attached hydrogens (tertiary/aromatic N) is 1.